The van der Waals surface area contributed by atoms with Crippen molar-refractivity contribution in [1.82, 2.24) is 9.80 Å². The quantitative estimate of drug-likeness (QED) is 0.779. The lowest BCUT2D eigenvalue weighted by molar-refractivity contribution is -0.141. The van der Waals surface area contributed by atoms with E-state index < -0.39 is 6.04 Å². The van der Waals surface area contributed by atoms with Crippen molar-refractivity contribution >= 4 is 11.8 Å². The van der Waals surface area contributed by atoms with Crippen LogP contribution in [0, 0.1) is 5.92 Å². The van der Waals surface area contributed by atoms with Crippen LogP contribution in [0.25, 0.3) is 0 Å². The van der Waals surface area contributed by atoms with Crippen LogP contribution in [0.2, 0.25) is 0 Å². The SMILES string of the molecule is COCC(N)C(=O)N1CCN(C(=O)CCC2CCCC2)CC1. The van der Waals surface area contributed by atoms with Gasteiger partial charge in [0, 0.05) is 39.7 Å². The van der Waals surface area contributed by atoms with Gasteiger partial charge in [-0.3, -0.25) is 9.59 Å². The topological polar surface area (TPSA) is 75.9 Å². The van der Waals surface area contributed by atoms with Crippen molar-refractivity contribution in [3.63, 3.8) is 0 Å². The second-order valence-electron chi connectivity index (χ2n) is 6.46. The van der Waals surface area contributed by atoms with E-state index in [9.17, 15) is 9.59 Å². The summed E-state index contributed by atoms with van der Waals surface area (Å²) in [4.78, 5) is 28.0. The van der Waals surface area contributed by atoms with Crippen molar-refractivity contribution in [2.24, 2.45) is 11.7 Å². The van der Waals surface area contributed by atoms with Crippen molar-refractivity contribution < 1.29 is 14.3 Å². The van der Waals surface area contributed by atoms with Crippen molar-refractivity contribution in [3.05, 3.63) is 0 Å². The first-order valence-corrected chi connectivity index (χ1v) is 8.43. The van der Waals surface area contributed by atoms with E-state index in [4.69, 9.17) is 10.5 Å². The number of hydrogen-bond donors (Lipinski definition) is 1. The predicted octanol–water partition coefficient (Wildman–Crippen LogP) is 0.601. The summed E-state index contributed by atoms with van der Waals surface area (Å²) in [6.45, 7) is 2.63. The number of rotatable bonds is 6. The van der Waals surface area contributed by atoms with E-state index in [1.807, 2.05) is 4.90 Å². The van der Waals surface area contributed by atoms with Gasteiger partial charge < -0.3 is 20.3 Å². The number of methoxy groups -OCH3 is 1. The number of amides is 2. The molecule has 0 bridgehead atoms. The third-order valence-corrected chi connectivity index (χ3v) is 4.85. The van der Waals surface area contributed by atoms with E-state index in [2.05, 4.69) is 0 Å². The maximum Gasteiger partial charge on any atom is 0.241 e. The molecule has 2 amide bonds. The smallest absolute Gasteiger partial charge is 0.241 e. The van der Waals surface area contributed by atoms with E-state index in [1.165, 1.54) is 32.8 Å². The molecule has 2 N–H and O–H groups in total. The summed E-state index contributed by atoms with van der Waals surface area (Å²) >= 11 is 0. The molecule has 1 aliphatic carbocycles. The first-order valence-electron chi connectivity index (χ1n) is 8.43. The van der Waals surface area contributed by atoms with Crippen LogP contribution < -0.4 is 5.73 Å². The first kappa shape index (κ1) is 17.2. The third kappa shape index (κ3) is 4.68. The Labute approximate surface area is 132 Å². The number of ether oxygens (including phenoxy) is 1. The number of piperazine rings is 1. The van der Waals surface area contributed by atoms with Gasteiger partial charge in [0.05, 0.1) is 6.61 Å². The molecule has 22 heavy (non-hydrogen) atoms. The third-order valence-electron chi connectivity index (χ3n) is 4.85. The molecule has 6 heteroatoms. The standard InChI is InChI=1S/C16H29N3O3/c1-22-12-14(17)16(21)19-10-8-18(9-11-19)15(20)7-6-13-4-2-3-5-13/h13-14H,2-12,17H2,1H3. The summed E-state index contributed by atoms with van der Waals surface area (Å²) in [5, 5.41) is 0. The summed E-state index contributed by atoms with van der Waals surface area (Å²) in [6, 6.07) is -0.602. The molecule has 2 rings (SSSR count). The zero-order chi connectivity index (χ0) is 15.9. The van der Waals surface area contributed by atoms with Crippen LogP contribution in [0.5, 0.6) is 0 Å². The van der Waals surface area contributed by atoms with Crippen LogP contribution in [-0.4, -0.2) is 67.6 Å². The molecule has 1 atom stereocenters. The van der Waals surface area contributed by atoms with Gasteiger partial charge in [-0.2, -0.15) is 0 Å². The number of carbonyl (C=O) groups excluding carboxylic acids is 2. The highest BCUT2D eigenvalue weighted by Crippen LogP contribution is 2.28. The summed E-state index contributed by atoms with van der Waals surface area (Å²) in [5.41, 5.74) is 5.77. The Bertz CT molecular complexity index is 375. The summed E-state index contributed by atoms with van der Waals surface area (Å²) in [5.74, 6) is 0.902. The zero-order valence-electron chi connectivity index (χ0n) is 13.6. The highest BCUT2D eigenvalue weighted by molar-refractivity contribution is 5.82. The molecule has 2 aliphatic rings. The van der Waals surface area contributed by atoms with Crippen LogP contribution in [-0.2, 0) is 14.3 Å². The number of hydrogen-bond acceptors (Lipinski definition) is 4. The minimum Gasteiger partial charge on any atom is -0.383 e. The number of carbonyl (C=O) groups is 2. The molecule has 0 spiro atoms. The van der Waals surface area contributed by atoms with E-state index in [1.54, 1.807) is 4.90 Å². The van der Waals surface area contributed by atoms with Gasteiger partial charge in [-0.25, -0.2) is 0 Å². The highest BCUT2D eigenvalue weighted by Gasteiger charge is 2.27. The molecule has 6 nitrogen and oxygen atoms in total. The molecule has 1 aliphatic heterocycles. The van der Waals surface area contributed by atoms with Gasteiger partial charge in [0.2, 0.25) is 11.8 Å². The van der Waals surface area contributed by atoms with Crippen molar-refractivity contribution in [1.29, 1.82) is 0 Å². The van der Waals surface area contributed by atoms with Gasteiger partial charge in [0.1, 0.15) is 6.04 Å². The summed E-state index contributed by atoms with van der Waals surface area (Å²) < 4.78 is 4.92. The van der Waals surface area contributed by atoms with Gasteiger partial charge >= 0.3 is 0 Å². The van der Waals surface area contributed by atoms with Crippen LogP contribution in [0.3, 0.4) is 0 Å². The normalized spacial score (nSPS) is 21.2. The molecule has 1 saturated carbocycles. The van der Waals surface area contributed by atoms with Crippen LogP contribution in [0.15, 0.2) is 0 Å². The van der Waals surface area contributed by atoms with Gasteiger partial charge in [-0.05, 0) is 12.3 Å². The Hall–Kier alpha value is -1.14. The maximum atomic E-state index is 12.2. The Kier molecular flexibility index (Phi) is 6.64. The average molecular weight is 311 g/mol. The van der Waals surface area contributed by atoms with E-state index in [0.717, 1.165) is 12.3 Å². The molecule has 1 heterocycles. The molecular formula is C16H29N3O3. The van der Waals surface area contributed by atoms with Crippen molar-refractivity contribution in [2.75, 3.05) is 39.9 Å². The minimum absolute atomic E-state index is 0.0834. The number of nitrogens with zero attached hydrogens (tertiary/aromatic N) is 2. The van der Waals surface area contributed by atoms with Gasteiger partial charge in [0.25, 0.3) is 0 Å². The average Bonchev–Trinajstić information content (AvgIpc) is 3.05. The molecule has 126 valence electrons. The van der Waals surface area contributed by atoms with Crippen LogP contribution in [0.1, 0.15) is 38.5 Å². The van der Waals surface area contributed by atoms with E-state index in [-0.39, 0.29) is 18.4 Å². The molecule has 0 radical (unpaired) electrons. The monoisotopic (exact) mass is 311 g/mol. The Morgan fingerprint density at radius 1 is 1.14 bits per heavy atom. The molecule has 0 aromatic heterocycles. The van der Waals surface area contributed by atoms with Crippen LogP contribution in [0.4, 0.5) is 0 Å². The van der Waals surface area contributed by atoms with Crippen molar-refractivity contribution in [3.8, 4) is 0 Å². The lowest BCUT2D eigenvalue weighted by Gasteiger charge is -2.36. The molecule has 0 aromatic carbocycles. The lowest BCUT2D eigenvalue weighted by Crippen LogP contribution is -2.55. The minimum atomic E-state index is -0.602. The Morgan fingerprint density at radius 3 is 2.32 bits per heavy atom. The van der Waals surface area contributed by atoms with Crippen molar-refractivity contribution in [2.45, 2.75) is 44.6 Å². The Morgan fingerprint density at radius 2 is 1.73 bits per heavy atom. The summed E-state index contributed by atoms with van der Waals surface area (Å²) in [7, 11) is 1.54. The van der Waals surface area contributed by atoms with Gasteiger partial charge in [0.15, 0.2) is 0 Å². The fourth-order valence-corrected chi connectivity index (χ4v) is 3.45. The van der Waals surface area contributed by atoms with E-state index in [0.29, 0.717) is 32.6 Å². The van der Waals surface area contributed by atoms with Gasteiger partial charge in [-0.15, -0.1) is 0 Å². The fourth-order valence-electron chi connectivity index (χ4n) is 3.45. The fraction of sp³-hybridized carbons (Fsp3) is 0.875. The second-order valence-corrected chi connectivity index (χ2v) is 6.46. The molecule has 1 saturated heterocycles. The zero-order valence-corrected chi connectivity index (χ0v) is 13.6. The largest absolute Gasteiger partial charge is 0.383 e. The van der Waals surface area contributed by atoms with Crippen LogP contribution >= 0.6 is 0 Å². The molecule has 2 fully saturated rings. The molecular weight excluding hydrogens is 282 g/mol. The molecule has 0 aromatic rings. The second kappa shape index (κ2) is 8.48. The summed E-state index contributed by atoms with van der Waals surface area (Å²) in [6.07, 6.45) is 6.89. The highest BCUT2D eigenvalue weighted by atomic mass is 16.5. The number of nitrogens with two attached hydrogens (primary N) is 1. The Balaban J connectivity index is 1.69. The van der Waals surface area contributed by atoms with E-state index >= 15 is 0 Å². The maximum absolute atomic E-state index is 12.2. The van der Waals surface area contributed by atoms with Gasteiger partial charge in [-0.1, -0.05) is 25.7 Å². The first-order chi connectivity index (χ1) is 10.6. The molecule has 1 unspecified atom stereocenters. The lowest BCUT2D eigenvalue weighted by atomic mass is 10.0. The predicted molar refractivity (Wildman–Crippen MR) is 84.2 cm³/mol.